The average Bonchev–Trinajstić information content (AvgIpc) is 2.27. The van der Waals surface area contributed by atoms with Gasteiger partial charge in [-0.2, -0.15) is 0 Å². The molecule has 0 aromatic rings. The second-order valence-corrected chi connectivity index (χ2v) is 8.03. The largest absolute Gasteiger partial charge is 0.355 e. The summed E-state index contributed by atoms with van der Waals surface area (Å²) in [5.74, 6) is 0.360. The van der Waals surface area contributed by atoms with Crippen LogP contribution in [-0.4, -0.2) is 40.2 Å². The van der Waals surface area contributed by atoms with Gasteiger partial charge in [-0.05, 0) is 30.7 Å². The van der Waals surface area contributed by atoms with Crippen LogP contribution in [0, 0.1) is 11.3 Å². The third-order valence-electron chi connectivity index (χ3n) is 3.27. The molecule has 0 fully saturated rings. The molecule has 0 saturated carbocycles. The van der Waals surface area contributed by atoms with Gasteiger partial charge in [0.05, 0.1) is 6.26 Å². The predicted octanol–water partition coefficient (Wildman–Crippen LogP) is 0.443. The molecule has 4 N–H and O–H groups in total. The zero-order chi connectivity index (χ0) is 15.8. The molecule has 0 radical (unpaired) electrons. The van der Waals surface area contributed by atoms with E-state index in [1.807, 2.05) is 0 Å². The lowest BCUT2D eigenvalue weighted by atomic mass is 9.76. The van der Waals surface area contributed by atoms with Crippen molar-refractivity contribution < 1.29 is 13.2 Å². The summed E-state index contributed by atoms with van der Waals surface area (Å²) in [5.41, 5.74) is 5.74. The minimum Gasteiger partial charge on any atom is -0.355 e. The zero-order valence-electron chi connectivity index (χ0n) is 13.0. The third-order valence-corrected chi connectivity index (χ3v) is 4.00. The van der Waals surface area contributed by atoms with E-state index in [1.54, 1.807) is 0 Å². The van der Waals surface area contributed by atoms with Crippen molar-refractivity contribution in [3.05, 3.63) is 0 Å². The number of sulfonamides is 1. The Labute approximate surface area is 122 Å². The summed E-state index contributed by atoms with van der Waals surface area (Å²) in [6, 6.07) is 0. The highest BCUT2D eigenvalue weighted by Gasteiger charge is 2.24. The molecule has 0 aromatic heterocycles. The van der Waals surface area contributed by atoms with Gasteiger partial charge in [0.1, 0.15) is 0 Å². The summed E-state index contributed by atoms with van der Waals surface area (Å²) in [6.45, 7) is 7.62. The van der Waals surface area contributed by atoms with Gasteiger partial charge in [0, 0.05) is 19.5 Å². The fraction of sp³-hybridized carbons (Fsp3) is 0.923. The van der Waals surface area contributed by atoms with Crippen LogP contribution in [0.4, 0.5) is 0 Å². The Kier molecular flexibility index (Phi) is 8.30. The molecule has 7 heteroatoms. The van der Waals surface area contributed by atoms with E-state index in [4.69, 9.17) is 5.73 Å². The number of amides is 1. The molecule has 120 valence electrons. The van der Waals surface area contributed by atoms with E-state index in [0.717, 1.165) is 19.1 Å². The van der Waals surface area contributed by atoms with Crippen LogP contribution in [0.25, 0.3) is 0 Å². The topological polar surface area (TPSA) is 101 Å². The average molecular weight is 307 g/mol. The summed E-state index contributed by atoms with van der Waals surface area (Å²) in [6.07, 6.45) is 3.24. The fourth-order valence-corrected chi connectivity index (χ4v) is 2.52. The van der Waals surface area contributed by atoms with Gasteiger partial charge >= 0.3 is 0 Å². The first-order valence-electron chi connectivity index (χ1n) is 6.97. The first-order chi connectivity index (χ1) is 9.06. The molecule has 0 aliphatic rings. The maximum atomic E-state index is 11.7. The molecule has 0 aromatic carbocycles. The van der Waals surface area contributed by atoms with Crippen LogP contribution in [-0.2, 0) is 14.8 Å². The number of nitrogens with one attached hydrogen (secondary N) is 2. The molecule has 0 aliphatic carbocycles. The molecule has 1 atom stereocenters. The summed E-state index contributed by atoms with van der Waals surface area (Å²) in [5, 5.41) is 2.71. The van der Waals surface area contributed by atoms with E-state index < -0.39 is 10.0 Å². The van der Waals surface area contributed by atoms with Crippen molar-refractivity contribution in [1.82, 2.24) is 10.0 Å². The summed E-state index contributed by atoms with van der Waals surface area (Å²) in [4.78, 5) is 11.7. The minimum absolute atomic E-state index is 0.0495. The SMILES string of the molecule is CC(C)(C)C(CCN)CCC(=O)NCCNS(C)(=O)=O. The van der Waals surface area contributed by atoms with E-state index >= 15 is 0 Å². The van der Waals surface area contributed by atoms with Crippen LogP contribution in [0.2, 0.25) is 0 Å². The van der Waals surface area contributed by atoms with Crippen molar-refractivity contribution in [2.45, 2.75) is 40.0 Å². The fourth-order valence-electron chi connectivity index (χ4n) is 2.04. The van der Waals surface area contributed by atoms with Gasteiger partial charge in [0.2, 0.25) is 15.9 Å². The lowest BCUT2D eigenvalue weighted by molar-refractivity contribution is -0.121. The number of carbonyl (C=O) groups excluding carboxylic acids is 1. The molecule has 0 bridgehead atoms. The zero-order valence-corrected chi connectivity index (χ0v) is 13.8. The monoisotopic (exact) mass is 307 g/mol. The highest BCUT2D eigenvalue weighted by Crippen LogP contribution is 2.31. The van der Waals surface area contributed by atoms with E-state index in [2.05, 4.69) is 30.8 Å². The normalized spacial score (nSPS) is 14.1. The van der Waals surface area contributed by atoms with Crippen molar-refractivity contribution >= 4 is 15.9 Å². The maximum absolute atomic E-state index is 11.7. The first kappa shape index (κ1) is 19.3. The van der Waals surface area contributed by atoms with Gasteiger partial charge in [-0.3, -0.25) is 4.79 Å². The Bertz CT molecular complexity index is 388. The van der Waals surface area contributed by atoms with E-state index in [9.17, 15) is 13.2 Å². The van der Waals surface area contributed by atoms with Gasteiger partial charge in [0.15, 0.2) is 0 Å². The Balaban J connectivity index is 3.97. The van der Waals surface area contributed by atoms with Gasteiger partial charge in [-0.15, -0.1) is 0 Å². The first-order valence-corrected chi connectivity index (χ1v) is 8.87. The van der Waals surface area contributed by atoms with Crippen LogP contribution >= 0.6 is 0 Å². The third kappa shape index (κ3) is 10.2. The predicted molar refractivity (Wildman–Crippen MR) is 81.7 cm³/mol. The van der Waals surface area contributed by atoms with Gasteiger partial charge in [0.25, 0.3) is 0 Å². The summed E-state index contributed by atoms with van der Waals surface area (Å²) < 4.78 is 24.0. The highest BCUT2D eigenvalue weighted by atomic mass is 32.2. The van der Waals surface area contributed by atoms with Crippen LogP contribution in [0.15, 0.2) is 0 Å². The molecule has 0 heterocycles. The lowest BCUT2D eigenvalue weighted by Crippen LogP contribution is -2.34. The standard InChI is InChI=1S/C13H29N3O3S/c1-13(2,3)11(7-8-14)5-6-12(17)15-9-10-16-20(4,18)19/h11,16H,5-10,14H2,1-4H3,(H,15,17). The molecule has 20 heavy (non-hydrogen) atoms. The second-order valence-electron chi connectivity index (χ2n) is 6.20. The van der Waals surface area contributed by atoms with Crippen molar-refractivity contribution in [2.75, 3.05) is 25.9 Å². The molecular formula is C13H29N3O3S. The van der Waals surface area contributed by atoms with E-state index in [1.165, 1.54) is 0 Å². The molecule has 0 aliphatic heterocycles. The number of carbonyl (C=O) groups is 1. The highest BCUT2D eigenvalue weighted by molar-refractivity contribution is 7.88. The Morgan fingerprint density at radius 3 is 2.25 bits per heavy atom. The van der Waals surface area contributed by atoms with Crippen molar-refractivity contribution in [3.63, 3.8) is 0 Å². The van der Waals surface area contributed by atoms with Crippen LogP contribution in [0.5, 0.6) is 0 Å². The minimum atomic E-state index is -3.19. The molecule has 0 saturated heterocycles. The quantitative estimate of drug-likeness (QED) is 0.538. The molecule has 0 spiro atoms. The van der Waals surface area contributed by atoms with Crippen LogP contribution in [0.3, 0.4) is 0 Å². The van der Waals surface area contributed by atoms with Crippen LogP contribution in [0.1, 0.15) is 40.0 Å². The van der Waals surface area contributed by atoms with E-state index in [-0.39, 0.29) is 17.9 Å². The van der Waals surface area contributed by atoms with E-state index in [0.29, 0.717) is 25.4 Å². The van der Waals surface area contributed by atoms with Crippen molar-refractivity contribution in [2.24, 2.45) is 17.1 Å². The smallest absolute Gasteiger partial charge is 0.220 e. The number of hydrogen-bond acceptors (Lipinski definition) is 4. The number of rotatable bonds is 9. The van der Waals surface area contributed by atoms with Gasteiger partial charge in [-0.1, -0.05) is 20.8 Å². The lowest BCUT2D eigenvalue weighted by Gasteiger charge is -2.30. The second kappa shape index (κ2) is 8.59. The van der Waals surface area contributed by atoms with Gasteiger partial charge in [-0.25, -0.2) is 13.1 Å². The summed E-state index contributed by atoms with van der Waals surface area (Å²) in [7, 11) is -3.19. The molecule has 1 unspecified atom stereocenters. The molecule has 1 amide bonds. The molecule has 0 rings (SSSR count). The van der Waals surface area contributed by atoms with Gasteiger partial charge < -0.3 is 11.1 Å². The van der Waals surface area contributed by atoms with Crippen LogP contribution < -0.4 is 15.8 Å². The Morgan fingerprint density at radius 2 is 1.80 bits per heavy atom. The number of nitrogens with two attached hydrogens (primary N) is 1. The van der Waals surface area contributed by atoms with Crippen molar-refractivity contribution in [3.8, 4) is 0 Å². The number of hydrogen-bond donors (Lipinski definition) is 3. The Hall–Kier alpha value is -0.660. The molecule has 6 nitrogen and oxygen atoms in total. The summed E-state index contributed by atoms with van der Waals surface area (Å²) >= 11 is 0. The maximum Gasteiger partial charge on any atom is 0.220 e. The molecular weight excluding hydrogens is 278 g/mol. The Morgan fingerprint density at radius 1 is 1.20 bits per heavy atom. The van der Waals surface area contributed by atoms with Crippen molar-refractivity contribution in [1.29, 1.82) is 0 Å².